The van der Waals surface area contributed by atoms with Gasteiger partial charge in [0, 0.05) is 13.2 Å². The van der Waals surface area contributed by atoms with Crippen LogP contribution in [0.3, 0.4) is 0 Å². The highest BCUT2D eigenvalue weighted by Gasteiger charge is 2.02. The lowest BCUT2D eigenvalue weighted by Gasteiger charge is -2.11. The Morgan fingerprint density at radius 2 is 1.92 bits per heavy atom. The van der Waals surface area contributed by atoms with Crippen molar-refractivity contribution >= 4 is 0 Å². The molecule has 0 aliphatic rings. The molecular weight excluding hydrogens is 168 g/mol. The van der Waals surface area contributed by atoms with Gasteiger partial charge < -0.3 is 14.6 Å². The molecule has 0 bridgehead atoms. The van der Waals surface area contributed by atoms with Crippen LogP contribution in [0.15, 0.2) is 0 Å². The third-order valence-corrected chi connectivity index (χ3v) is 1.77. The number of ether oxygens (including phenoxy) is 2. The Morgan fingerprint density at radius 1 is 1.15 bits per heavy atom. The molecule has 0 rings (SSSR count). The molecule has 0 aromatic heterocycles. The van der Waals surface area contributed by atoms with E-state index in [4.69, 9.17) is 9.47 Å². The van der Waals surface area contributed by atoms with Gasteiger partial charge in [0.15, 0.2) is 6.29 Å². The summed E-state index contributed by atoms with van der Waals surface area (Å²) in [6.45, 7) is 5.60. The van der Waals surface area contributed by atoms with E-state index in [1.54, 1.807) is 0 Å². The average Bonchev–Trinajstić information content (AvgIpc) is 2.14. The van der Waals surface area contributed by atoms with E-state index in [9.17, 15) is 5.11 Å². The van der Waals surface area contributed by atoms with Crippen molar-refractivity contribution in [1.82, 2.24) is 0 Å². The largest absolute Gasteiger partial charge is 0.376 e. The van der Waals surface area contributed by atoms with Gasteiger partial charge in [-0.25, -0.2) is 0 Å². The third-order valence-electron chi connectivity index (χ3n) is 1.77. The Bertz CT molecular complexity index is 96.2. The van der Waals surface area contributed by atoms with E-state index in [1.165, 1.54) is 19.3 Å². The van der Waals surface area contributed by atoms with E-state index in [2.05, 4.69) is 6.92 Å². The lowest BCUT2D eigenvalue weighted by Crippen LogP contribution is -2.19. The second kappa shape index (κ2) is 9.96. The first-order valence-electron chi connectivity index (χ1n) is 5.18. The standard InChI is InChI=1S/C10H22O3/c1-3-5-6-7-8-13-10(11)9-12-4-2/h10-11H,3-9H2,1-2H3. The summed E-state index contributed by atoms with van der Waals surface area (Å²) in [4.78, 5) is 0. The number of aliphatic hydroxyl groups is 1. The maximum atomic E-state index is 9.19. The lowest BCUT2D eigenvalue weighted by molar-refractivity contribution is -0.137. The van der Waals surface area contributed by atoms with Crippen molar-refractivity contribution in [2.75, 3.05) is 19.8 Å². The first kappa shape index (κ1) is 12.9. The van der Waals surface area contributed by atoms with Crippen LogP contribution in [0.4, 0.5) is 0 Å². The van der Waals surface area contributed by atoms with Gasteiger partial charge >= 0.3 is 0 Å². The van der Waals surface area contributed by atoms with Crippen LogP contribution >= 0.6 is 0 Å². The highest BCUT2D eigenvalue weighted by atomic mass is 16.6. The molecule has 0 saturated carbocycles. The monoisotopic (exact) mass is 190 g/mol. The van der Waals surface area contributed by atoms with Gasteiger partial charge in [-0.05, 0) is 13.3 Å². The highest BCUT2D eigenvalue weighted by molar-refractivity contribution is 4.41. The van der Waals surface area contributed by atoms with Crippen molar-refractivity contribution in [3.05, 3.63) is 0 Å². The molecule has 0 spiro atoms. The van der Waals surface area contributed by atoms with Crippen LogP contribution in [-0.2, 0) is 9.47 Å². The van der Waals surface area contributed by atoms with Crippen LogP contribution in [0.5, 0.6) is 0 Å². The Balaban J connectivity index is 3.03. The van der Waals surface area contributed by atoms with Crippen LogP contribution in [0, 0.1) is 0 Å². The number of unbranched alkanes of at least 4 members (excludes halogenated alkanes) is 3. The fourth-order valence-corrected chi connectivity index (χ4v) is 1.01. The molecule has 13 heavy (non-hydrogen) atoms. The predicted octanol–water partition coefficient (Wildman–Crippen LogP) is 1.94. The lowest BCUT2D eigenvalue weighted by atomic mass is 10.2. The Morgan fingerprint density at radius 3 is 2.54 bits per heavy atom. The summed E-state index contributed by atoms with van der Waals surface area (Å²) in [6, 6.07) is 0. The van der Waals surface area contributed by atoms with Gasteiger partial charge in [0.1, 0.15) is 0 Å². The number of aliphatic hydroxyl groups excluding tert-OH is 1. The van der Waals surface area contributed by atoms with Crippen LogP contribution in [-0.4, -0.2) is 31.2 Å². The van der Waals surface area contributed by atoms with E-state index in [0.29, 0.717) is 13.2 Å². The molecule has 0 aromatic carbocycles. The van der Waals surface area contributed by atoms with Crippen molar-refractivity contribution in [1.29, 1.82) is 0 Å². The zero-order chi connectivity index (χ0) is 9.94. The topological polar surface area (TPSA) is 38.7 Å². The molecule has 0 amide bonds. The second-order valence-electron chi connectivity index (χ2n) is 3.05. The van der Waals surface area contributed by atoms with Gasteiger partial charge in [-0.2, -0.15) is 0 Å². The second-order valence-corrected chi connectivity index (χ2v) is 3.05. The van der Waals surface area contributed by atoms with Crippen molar-refractivity contribution in [3.8, 4) is 0 Å². The van der Waals surface area contributed by atoms with Gasteiger partial charge in [0.2, 0.25) is 0 Å². The Labute approximate surface area is 81.0 Å². The molecular formula is C10H22O3. The molecule has 0 heterocycles. The number of hydrogen-bond donors (Lipinski definition) is 1. The number of hydrogen-bond acceptors (Lipinski definition) is 3. The van der Waals surface area contributed by atoms with Crippen molar-refractivity contribution in [3.63, 3.8) is 0 Å². The molecule has 1 atom stereocenters. The summed E-state index contributed by atoms with van der Waals surface area (Å²) >= 11 is 0. The molecule has 3 heteroatoms. The van der Waals surface area contributed by atoms with Gasteiger partial charge in [-0.15, -0.1) is 0 Å². The molecule has 0 aromatic rings. The van der Waals surface area contributed by atoms with Crippen LogP contribution < -0.4 is 0 Å². The maximum Gasteiger partial charge on any atom is 0.178 e. The molecule has 0 radical (unpaired) electrons. The summed E-state index contributed by atoms with van der Waals surface area (Å²) in [5, 5.41) is 9.19. The van der Waals surface area contributed by atoms with Crippen LogP contribution in [0.25, 0.3) is 0 Å². The minimum absolute atomic E-state index is 0.282. The van der Waals surface area contributed by atoms with Gasteiger partial charge in [0.25, 0.3) is 0 Å². The smallest absolute Gasteiger partial charge is 0.178 e. The van der Waals surface area contributed by atoms with Crippen LogP contribution in [0.1, 0.15) is 39.5 Å². The molecule has 80 valence electrons. The van der Waals surface area contributed by atoms with Gasteiger partial charge in [-0.1, -0.05) is 26.2 Å². The Hall–Kier alpha value is -0.120. The fourth-order valence-electron chi connectivity index (χ4n) is 1.01. The van der Waals surface area contributed by atoms with Crippen molar-refractivity contribution in [2.45, 2.75) is 45.8 Å². The minimum Gasteiger partial charge on any atom is -0.376 e. The zero-order valence-corrected chi connectivity index (χ0v) is 8.79. The van der Waals surface area contributed by atoms with Gasteiger partial charge in [0.05, 0.1) is 6.61 Å². The zero-order valence-electron chi connectivity index (χ0n) is 8.79. The van der Waals surface area contributed by atoms with Crippen molar-refractivity contribution in [2.24, 2.45) is 0 Å². The molecule has 1 N–H and O–H groups in total. The average molecular weight is 190 g/mol. The van der Waals surface area contributed by atoms with Crippen molar-refractivity contribution < 1.29 is 14.6 Å². The van der Waals surface area contributed by atoms with Crippen LogP contribution in [0.2, 0.25) is 0 Å². The van der Waals surface area contributed by atoms with E-state index in [1.807, 2.05) is 6.92 Å². The first-order valence-corrected chi connectivity index (χ1v) is 5.18. The summed E-state index contributed by atoms with van der Waals surface area (Å²) in [7, 11) is 0. The molecule has 0 saturated heterocycles. The molecule has 3 nitrogen and oxygen atoms in total. The summed E-state index contributed by atoms with van der Waals surface area (Å²) in [5.41, 5.74) is 0. The molecule has 0 aliphatic heterocycles. The first-order chi connectivity index (χ1) is 6.31. The normalized spacial score (nSPS) is 13.2. The fraction of sp³-hybridized carbons (Fsp3) is 1.00. The molecule has 0 aliphatic carbocycles. The van der Waals surface area contributed by atoms with Gasteiger partial charge in [-0.3, -0.25) is 0 Å². The third kappa shape index (κ3) is 9.80. The summed E-state index contributed by atoms with van der Waals surface area (Å²) < 4.78 is 10.1. The predicted molar refractivity (Wildman–Crippen MR) is 52.6 cm³/mol. The highest BCUT2D eigenvalue weighted by Crippen LogP contribution is 2.00. The summed E-state index contributed by atoms with van der Waals surface area (Å²) in [5.74, 6) is 0. The van der Waals surface area contributed by atoms with E-state index in [0.717, 1.165) is 6.42 Å². The molecule has 1 unspecified atom stereocenters. The maximum absolute atomic E-state index is 9.19. The van der Waals surface area contributed by atoms with E-state index >= 15 is 0 Å². The van der Waals surface area contributed by atoms with E-state index in [-0.39, 0.29) is 6.61 Å². The summed E-state index contributed by atoms with van der Waals surface area (Å²) in [6.07, 6.45) is 3.92. The SMILES string of the molecule is CCCCCCOC(O)COCC. The minimum atomic E-state index is -0.749. The van der Waals surface area contributed by atoms with E-state index < -0.39 is 6.29 Å². The molecule has 0 fully saturated rings. The quantitative estimate of drug-likeness (QED) is 0.446. The Kier molecular flexibility index (Phi) is 9.87. The number of rotatable bonds is 9.